The summed E-state index contributed by atoms with van der Waals surface area (Å²) in [5, 5.41) is 21.5. The number of hydrogen-bond acceptors (Lipinski definition) is 6. The number of carbonyl (C=O) groups excluding carboxylic acids is 2. The van der Waals surface area contributed by atoms with Crippen molar-refractivity contribution in [2.75, 3.05) is 13.2 Å². The van der Waals surface area contributed by atoms with E-state index in [0.29, 0.717) is 30.6 Å². The quantitative estimate of drug-likeness (QED) is 0.251. The number of benzene rings is 2. The Hall–Kier alpha value is -4.68. The lowest BCUT2D eigenvalue weighted by molar-refractivity contribution is -0.121. The molecule has 206 valence electrons. The van der Waals surface area contributed by atoms with E-state index >= 15 is 0 Å². The summed E-state index contributed by atoms with van der Waals surface area (Å²) in [6, 6.07) is 18.5. The number of primary amides is 1. The SMILES string of the molecule is CC(C)Oc1ccc(C(=O)NCCC(Cc2ccc(-c3cn4cccc(CCO)c4n3)cc2)C(N)=O)cc1C#N. The number of rotatable bonds is 12. The highest BCUT2D eigenvalue weighted by atomic mass is 16.5. The van der Waals surface area contributed by atoms with E-state index in [1.807, 2.05) is 67.0 Å². The summed E-state index contributed by atoms with van der Waals surface area (Å²) in [6.07, 6.45) is 5.14. The fraction of sp³-hybridized carbons (Fsp3) is 0.290. The molecule has 0 aliphatic heterocycles. The van der Waals surface area contributed by atoms with Crippen LogP contribution in [0.2, 0.25) is 0 Å². The van der Waals surface area contributed by atoms with E-state index in [4.69, 9.17) is 15.5 Å². The number of amides is 2. The molecule has 40 heavy (non-hydrogen) atoms. The van der Waals surface area contributed by atoms with Crippen LogP contribution in [0.4, 0.5) is 0 Å². The number of hydrogen-bond donors (Lipinski definition) is 3. The third-order valence-corrected chi connectivity index (χ3v) is 6.58. The van der Waals surface area contributed by atoms with Crippen molar-refractivity contribution in [2.24, 2.45) is 11.7 Å². The monoisotopic (exact) mass is 539 g/mol. The lowest BCUT2D eigenvalue weighted by atomic mass is 9.94. The number of aliphatic hydroxyl groups is 1. The first kappa shape index (κ1) is 28.3. The normalized spacial score (nSPS) is 11.8. The minimum absolute atomic E-state index is 0.0599. The van der Waals surface area contributed by atoms with Crippen molar-refractivity contribution in [3.63, 3.8) is 0 Å². The molecule has 1 atom stereocenters. The van der Waals surface area contributed by atoms with Gasteiger partial charge in [0.2, 0.25) is 5.91 Å². The molecular formula is C31H33N5O4. The number of ether oxygens (including phenoxy) is 1. The van der Waals surface area contributed by atoms with Crippen LogP contribution in [0.1, 0.15) is 47.3 Å². The number of aromatic nitrogens is 2. The number of carbonyl (C=O) groups is 2. The zero-order chi connectivity index (χ0) is 28.6. The number of nitrogens with two attached hydrogens (primary N) is 1. The molecule has 2 aromatic heterocycles. The first-order valence-corrected chi connectivity index (χ1v) is 13.2. The first-order valence-electron chi connectivity index (χ1n) is 13.2. The average molecular weight is 540 g/mol. The highest BCUT2D eigenvalue weighted by molar-refractivity contribution is 5.94. The van der Waals surface area contributed by atoms with Crippen molar-refractivity contribution >= 4 is 17.5 Å². The maximum atomic E-state index is 12.7. The van der Waals surface area contributed by atoms with E-state index < -0.39 is 11.8 Å². The van der Waals surface area contributed by atoms with E-state index in [1.165, 1.54) is 6.07 Å². The maximum absolute atomic E-state index is 12.7. The number of fused-ring (bicyclic) bond motifs is 1. The summed E-state index contributed by atoms with van der Waals surface area (Å²) < 4.78 is 7.55. The smallest absolute Gasteiger partial charge is 0.251 e. The van der Waals surface area contributed by atoms with E-state index in [0.717, 1.165) is 28.0 Å². The second-order valence-corrected chi connectivity index (χ2v) is 9.90. The van der Waals surface area contributed by atoms with Gasteiger partial charge in [0.1, 0.15) is 17.5 Å². The lowest BCUT2D eigenvalue weighted by Crippen LogP contribution is -2.31. The molecular weight excluding hydrogens is 506 g/mol. The number of pyridine rings is 1. The van der Waals surface area contributed by atoms with Crippen LogP contribution in [0, 0.1) is 17.2 Å². The van der Waals surface area contributed by atoms with Crippen LogP contribution in [0.3, 0.4) is 0 Å². The summed E-state index contributed by atoms with van der Waals surface area (Å²) in [7, 11) is 0. The topological polar surface area (TPSA) is 143 Å². The van der Waals surface area contributed by atoms with Gasteiger partial charge >= 0.3 is 0 Å². The fourth-order valence-corrected chi connectivity index (χ4v) is 4.54. The maximum Gasteiger partial charge on any atom is 0.251 e. The molecule has 0 fully saturated rings. The molecule has 9 heteroatoms. The van der Waals surface area contributed by atoms with Gasteiger partial charge < -0.3 is 25.3 Å². The van der Waals surface area contributed by atoms with E-state index in [9.17, 15) is 20.0 Å². The molecule has 4 aromatic rings. The minimum Gasteiger partial charge on any atom is -0.490 e. The van der Waals surface area contributed by atoms with E-state index in [-0.39, 0.29) is 30.7 Å². The van der Waals surface area contributed by atoms with Gasteiger partial charge in [-0.2, -0.15) is 5.26 Å². The van der Waals surface area contributed by atoms with Crippen molar-refractivity contribution in [2.45, 2.75) is 39.2 Å². The zero-order valence-corrected chi connectivity index (χ0v) is 22.6. The molecule has 0 radical (unpaired) electrons. The first-order chi connectivity index (χ1) is 19.3. The van der Waals surface area contributed by atoms with Crippen LogP contribution < -0.4 is 15.8 Å². The average Bonchev–Trinajstić information content (AvgIpc) is 3.38. The van der Waals surface area contributed by atoms with Crippen molar-refractivity contribution in [1.82, 2.24) is 14.7 Å². The Labute approximate surface area is 233 Å². The van der Waals surface area contributed by atoms with Crippen LogP contribution in [0.25, 0.3) is 16.9 Å². The molecule has 4 rings (SSSR count). The van der Waals surface area contributed by atoms with Crippen LogP contribution in [0.15, 0.2) is 67.0 Å². The van der Waals surface area contributed by atoms with Gasteiger partial charge in [-0.15, -0.1) is 0 Å². The molecule has 9 nitrogen and oxygen atoms in total. The van der Waals surface area contributed by atoms with Crippen molar-refractivity contribution in [3.05, 3.63) is 89.2 Å². The predicted octanol–water partition coefficient (Wildman–Crippen LogP) is 3.66. The lowest BCUT2D eigenvalue weighted by Gasteiger charge is -2.15. The summed E-state index contributed by atoms with van der Waals surface area (Å²) in [6.45, 7) is 4.04. The van der Waals surface area contributed by atoms with E-state index in [2.05, 4.69) is 11.4 Å². The van der Waals surface area contributed by atoms with Gasteiger partial charge in [0.15, 0.2) is 0 Å². The third-order valence-electron chi connectivity index (χ3n) is 6.58. The van der Waals surface area contributed by atoms with Crippen LogP contribution in [-0.2, 0) is 17.6 Å². The van der Waals surface area contributed by atoms with Gasteiger partial charge in [-0.3, -0.25) is 9.59 Å². The Kier molecular flexibility index (Phi) is 9.15. The van der Waals surface area contributed by atoms with Gasteiger partial charge in [0, 0.05) is 42.6 Å². The van der Waals surface area contributed by atoms with Crippen LogP contribution >= 0.6 is 0 Å². The molecule has 0 saturated heterocycles. The Balaban J connectivity index is 1.37. The molecule has 4 N–H and O–H groups in total. The molecule has 1 unspecified atom stereocenters. The Morgan fingerprint density at radius 2 is 1.95 bits per heavy atom. The Morgan fingerprint density at radius 1 is 1.18 bits per heavy atom. The number of nitrogens with one attached hydrogen (secondary N) is 1. The Morgan fingerprint density at radius 3 is 2.62 bits per heavy atom. The summed E-state index contributed by atoms with van der Waals surface area (Å²) in [5.74, 6) is -0.799. The summed E-state index contributed by atoms with van der Waals surface area (Å²) in [5.41, 5.74) is 10.8. The number of nitriles is 1. The Bertz CT molecular complexity index is 1540. The van der Waals surface area contributed by atoms with Crippen molar-refractivity contribution < 1.29 is 19.4 Å². The molecule has 2 amide bonds. The van der Waals surface area contributed by atoms with Crippen LogP contribution in [-0.4, -0.2) is 45.6 Å². The second-order valence-electron chi connectivity index (χ2n) is 9.90. The molecule has 0 saturated carbocycles. The third kappa shape index (κ3) is 6.84. The van der Waals surface area contributed by atoms with Gasteiger partial charge in [0.25, 0.3) is 5.91 Å². The van der Waals surface area contributed by atoms with Crippen LogP contribution in [0.5, 0.6) is 5.75 Å². The number of aliphatic hydroxyl groups excluding tert-OH is 1. The second kappa shape index (κ2) is 12.9. The highest BCUT2D eigenvalue weighted by Gasteiger charge is 2.18. The van der Waals surface area contributed by atoms with Gasteiger partial charge in [0.05, 0.1) is 17.4 Å². The van der Waals surface area contributed by atoms with Crippen molar-refractivity contribution in [1.29, 1.82) is 5.26 Å². The highest BCUT2D eigenvalue weighted by Crippen LogP contribution is 2.23. The molecule has 0 aliphatic carbocycles. The number of nitrogens with zero attached hydrogens (tertiary/aromatic N) is 3. The fourth-order valence-electron chi connectivity index (χ4n) is 4.54. The number of imidazole rings is 1. The summed E-state index contributed by atoms with van der Waals surface area (Å²) in [4.78, 5) is 29.6. The molecule has 0 aliphatic rings. The molecule has 2 heterocycles. The minimum atomic E-state index is -0.459. The molecule has 0 bridgehead atoms. The predicted molar refractivity (Wildman–Crippen MR) is 152 cm³/mol. The summed E-state index contributed by atoms with van der Waals surface area (Å²) >= 11 is 0. The van der Waals surface area contributed by atoms with Gasteiger partial charge in [-0.25, -0.2) is 4.98 Å². The van der Waals surface area contributed by atoms with Gasteiger partial charge in [-0.1, -0.05) is 30.3 Å². The standard InChI is InChI=1S/C31H33N5O4/c1-20(2)40-28-10-9-25(17-26(28)18-32)31(39)34-13-11-24(29(33)38)16-21-5-7-22(8-6-21)27-19-36-14-3-4-23(12-15-37)30(36)35-27/h3-10,14,17,19-20,24,37H,11-13,15-16H2,1-2H3,(H2,33,38)(H,34,39). The largest absolute Gasteiger partial charge is 0.490 e. The zero-order valence-electron chi connectivity index (χ0n) is 22.6. The van der Waals surface area contributed by atoms with Crippen molar-refractivity contribution in [3.8, 4) is 23.1 Å². The van der Waals surface area contributed by atoms with Gasteiger partial charge in [-0.05, 0) is 68.5 Å². The van der Waals surface area contributed by atoms with E-state index in [1.54, 1.807) is 12.1 Å². The molecule has 2 aromatic carbocycles. The molecule has 0 spiro atoms.